The van der Waals surface area contributed by atoms with Gasteiger partial charge in [0.2, 0.25) is 0 Å². The highest BCUT2D eigenvalue weighted by Gasteiger charge is 2.05. The van der Waals surface area contributed by atoms with Gasteiger partial charge in [0.25, 0.3) is 0 Å². The first kappa shape index (κ1) is 23.2. The topological polar surface area (TPSA) is 54.9 Å². The molecule has 0 aliphatic rings. The van der Waals surface area contributed by atoms with Gasteiger partial charge in [-0.2, -0.15) is 0 Å². The number of rotatable bonds is 9. The van der Waals surface area contributed by atoms with Crippen molar-refractivity contribution < 1.29 is 9.47 Å². The Kier molecular flexibility index (Phi) is 11.5. The van der Waals surface area contributed by atoms with Crippen molar-refractivity contribution in [3.63, 3.8) is 0 Å². The lowest BCUT2D eigenvalue weighted by Crippen LogP contribution is -2.37. The van der Waals surface area contributed by atoms with E-state index in [1.807, 2.05) is 43.3 Å². The second-order valence-electron chi connectivity index (χ2n) is 5.77. The Bertz CT molecular complexity index is 707. The smallest absolute Gasteiger partial charge is 0.191 e. The minimum Gasteiger partial charge on any atom is -0.496 e. The van der Waals surface area contributed by atoms with Crippen LogP contribution in [0.25, 0.3) is 0 Å². The molecule has 0 fully saturated rings. The van der Waals surface area contributed by atoms with Gasteiger partial charge >= 0.3 is 0 Å². The molecule has 0 bridgehead atoms. The second kappa shape index (κ2) is 13.4. The van der Waals surface area contributed by atoms with Gasteiger partial charge in [-0.05, 0) is 31.0 Å². The molecule has 0 saturated heterocycles. The summed E-state index contributed by atoms with van der Waals surface area (Å²) in [5.74, 6) is 1.64. The number of benzene rings is 2. The molecular formula is C21H30IN3O2. The number of nitrogens with one attached hydrogen (secondary N) is 2. The fraction of sp³-hybridized carbons (Fsp3) is 0.381. The van der Waals surface area contributed by atoms with Gasteiger partial charge in [-0.3, -0.25) is 0 Å². The van der Waals surface area contributed by atoms with E-state index in [2.05, 4.69) is 34.7 Å². The van der Waals surface area contributed by atoms with Crippen molar-refractivity contribution in [2.75, 3.05) is 20.3 Å². The Hall–Kier alpha value is -1.80. The highest BCUT2D eigenvalue weighted by molar-refractivity contribution is 14.0. The third-order valence-electron chi connectivity index (χ3n) is 3.97. The van der Waals surface area contributed by atoms with Gasteiger partial charge in [-0.1, -0.05) is 42.5 Å². The summed E-state index contributed by atoms with van der Waals surface area (Å²) in [6, 6.07) is 16.3. The van der Waals surface area contributed by atoms with Gasteiger partial charge in [-0.15, -0.1) is 24.0 Å². The summed E-state index contributed by atoms with van der Waals surface area (Å²) in [6.07, 6.45) is 0. The third-order valence-corrected chi connectivity index (χ3v) is 3.97. The Morgan fingerprint density at radius 2 is 1.59 bits per heavy atom. The quantitative estimate of drug-likeness (QED) is 0.321. The molecule has 0 aliphatic carbocycles. The van der Waals surface area contributed by atoms with Crippen LogP contribution in [0.15, 0.2) is 53.5 Å². The summed E-state index contributed by atoms with van der Waals surface area (Å²) in [4.78, 5) is 4.68. The average Bonchev–Trinajstić information content (AvgIpc) is 2.69. The first-order chi connectivity index (χ1) is 12.8. The lowest BCUT2D eigenvalue weighted by atomic mass is 10.1. The second-order valence-corrected chi connectivity index (χ2v) is 5.77. The van der Waals surface area contributed by atoms with E-state index in [1.165, 1.54) is 11.1 Å². The number of nitrogens with zero attached hydrogens (tertiary/aromatic N) is 1. The Morgan fingerprint density at radius 3 is 2.26 bits per heavy atom. The minimum atomic E-state index is 0. The molecule has 0 radical (unpaired) electrons. The predicted molar refractivity (Wildman–Crippen MR) is 122 cm³/mol. The molecule has 6 heteroatoms. The van der Waals surface area contributed by atoms with E-state index < -0.39 is 0 Å². The molecule has 0 amide bonds. The number of halogens is 1. The maximum atomic E-state index is 5.56. The summed E-state index contributed by atoms with van der Waals surface area (Å²) in [7, 11) is 1.68. The molecule has 0 aromatic heterocycles. The standard InChI is InChI=1S/C21H29N3O2.HI/c1-4-22-21(24-15-18-11-8-9-13-20(18)25-3)23-14-17-10-6-7-12-19(17)16-26-5-2;/h6-13H,4-5,14-16H2,1-3H3,(H2,22,23,24);1H. The number of para-hydroxylation sites is 1. The molecule has 5 nitrogen and oxygen atoms in total. The first-order valence-electron chi connectivity index (χ1n) is 9.07. The maximum Gasteiger partial charge on any atom is 0.191 e. The van der Waals surface area contributed by atoms with Crippen molar-refractivity contribution in [3.8, 4) is 5.75 Å². The maximum absolute atomic E-state index is 5.56. The van der Waals surface area contributed by atoms with Crippen molar-refractivity contribution in [1.29, 1.82) is 0 Å². The highest BCUT2D eigenvalue weighted by Crippen LogP contribution is 2.18. The zero-order chi connectivity index (χ0) is 18.6. The van der Waals surface area contributed by atoms with Gasteiger partial charge in [0, 0.05) is 25.3 Å². The Morgan fingerprint density at radius 1 is 0.926 bits per heavy atom. The third kappa shape index (κ3) is 7.76. The molecule has 2 aromatic rings. The van der Waals surface area contributed by atoms with Gasteiger partial charge in [0.05, 0.1) is 20.3 Å². The monoisotopic (exact) mass is 483 g/mol. The lowest BCUT2D eigenvalue weighted by molar-refractivity contribution is 0.133. The minimum absolute atomic E-state index is 0. The summed E-state index contributed by atoms with van der Waals surface area (Å²) in [5.41, 5.74) is 3.47. The van der Waals surface area contributed by atoms with Crippen molar-refractivity contribution in [2.24, 2.45) is 4.99 Å². The van der Waals surface area contributed by atoms with Crippen LogP contribution in [0.3, 0.4) is 0 Å². The van der Waals surface area contributed by atoms with Crippen molar-refractivity contribution in [2.45, 2.75) is 33.5 Å². The van der Waals surface area contributed by atoms with Crippen LogP contribution in [0, 0.1) is 0 Å². The molecule has 148 valence electrons. The number of methoxy groups -OCH3 is 1. The molecule has 0 heterocycles. The van der Waals surface area contributed by atoms with E-state index in [9.17, 15) is 0 Å². The van der Waals surface area contributed by atoms with Crippen LogP contribution in [0.5, 0.6) is 5.75 Å². The number of aliphatic imine (C=N–C) groups is 1. The largest absolute Gasteiger partial charge is 0.496 e. The Balaban J connectivity index is 0.00000364. The molecule has 0 spiro atoms. The van der Waals surface area contributed by atoms with Crippen LogP contribution in [0.1, 0.15) is 30.5 Å². The van der Waals surface area contributed by atoms with Crippen LogP contribution < -0.4 is 15.4 Å². The summed E-state index contributed by atoms with van der Waals surface area (Å²) < 4.78 is 11.0. The summed E-state index contributed by atoms with van der Waals surface area (Å²) >= 11 is 0. The van der Waals surface area contributed by atoms with Crippen LogP contribution in [0.2, 0.25) is 0 Å². The van der Waals surface area contributed by atoms with E-state index in [0.29, 0.717) is 26.3 Å². The van der Waals surface area contributed by atoms with Gasteiger partial charge in [-0.25, -0.2) is 4.99 Å². The molecule has 0 atom stereocenters. The van der Waals surface area contributed by atoms with Crippen molar-refractivity contribution >= 4 is 29.9 Å². The van der Waals surface area contributed by atoms with E-state index in [4.69, 9.17) is 9.47 Å². The fourth-order valence-electron chi connectivity index (χ4n) is 2.60. The van der Waals surface area contributed by atoms with Crippen molar-refractivity contribution in [3.05, 3.63) is 65.2 Å². The van der Waals surface area contributed by atoms with Crippen LogP contribution in [-0.2, 0) is 24.4 Å². The van der Waals surface area contributed by atoms with Crippen LogP contribution in [-0.4, -0.2) is 26.2 Å². The zero-order valence-corrected chi connectivity index (χ0v) is 18.7. The summed E-state index contributed by atoms with van der Waals surface area (Å²) in [5, 5.41) is 6.69. The molecule has 27 heavy (non-hydrogen) atoms. The molecule has 0 aliphatic heterocycles. The van der Waals surface area contributed by atoms with E-state index in [1.54, 1.807) is 7.11 Å². The van der Waals surface area contributed by atoms with E-state index in [0.717, 1.165) is 23.8 Å². The first-order valence-corrected chi connectivity index (χ1v) is 9.07. The van der Waals surface area contributed by atoms with Gasteiger partial charge < -0.3 is 20.1 Å². The van der Waals surface area contributed by atoms with E-state index >= 15 is 0 Å². The number of hydrogen-bond acceptors (Lipinski definition) is 3. The zero-order valence-electron chi connectivity index (χ0n) is 16.3. The van der Waals surface area contributed by atoms with Crippen molar-refractivity contribution in [1.82, 2.24) is 10.6 Å². The normalized spacial score (nSPS) is 10.9. The van der Waals surface area contributed by atoms with Gasteiger partial charge in [0.15, 0.2) is 5.96 Å². The highest BCUT2D eigenvalue weighted by atomic mass is 127. The molecular weight excluding hydrogens is 453 g/mol. The lowest BCUT2D eigenvalue weighted by Gasteiger charge is -2.14. The molecule has 0 saturated carbocycles. The molecule has 2 N–H and O–H groups in total. The number of ether oxygens (including phenoxy) is 2. The van der Waals surface area contributed by atoms with Crippen LogP contribution in [0.4, 0.5) is 0 Å². The van der Waals surface area contributed by atoms with Gasteiger partial charge in [0.1, 0.15) is 5.75 Å². The molecule has 0 unspecified atom stereocenters. The number of guanidine groups is 1. The SMILES string of the molecule is CCNC(=NCc1ccccc1OC)NCc1ccccc1COCC.I. The van der Waals surface area contributed by atoms with E-state index in [-0.39, 0.29) is 24.0 Å². The predicted octanol–water partition coefficient (Wildman–Crippen LogP) is 4.11. The Labute approximate surface area is 179 Å². The number of hydrogen-bond donors (Lipinski definition) is 2. The molecule has 2 aromatic carbocycles. The summed E-state index contributed by atoms with van der Waals surface area (Å²) in [6.45, 7) is 7.46. The average molecular weight is 483 g/mol. The van der Waals surface area contributed by atoms with Crippen LogP contribution >= 0.6 is 24.0 Å². The molecule has 2 rings (SSSR count). The fourth-order valence-corrected chi connectivity index (χ4v) is 2.60.